The third-order valence-corrected chi connectivity index (χ3v) is 3.57. The fraction of sp³-hybridized carbons (Fsp3) is 0.316. The Morgan fingerprint density at radius 1 is 1.04 bits per heavy atom. The van der Waals surface area contributed by atoms with Crippen LogP contribution in [0, 0.1) is 13.8 Å². The van der Waals surface area contributed by atoms with Crippen LogP contribution in [0.1, 0.15) is 18.1 Å². The van der Waals surface area contributed by atoms with E-state index in [1.807, 2.05) is 62.4 Å². The lowest BCUT2D eigenvalue weighted by molar-refractivity contribution is -0.127. The van der Waals surface area contributed by atoms with Gasteiger partial charge in [0.1, 0.15) is 18.1 Å². The summed E-state index contributed by atoms with van der Waals surface area (Å²) in [5.74, 6) is 1.34. The van der Waals surface area contributed by atoms with Crippen LogP contribution in [-0.2, 0) is 4.79 Å². The van der Waals surface area contributed by atoms with Gasteiger partial charge in [-0.2, -0.15) is 0 Å². The normalized spacial score (nSPS) is 11.6. The molecule has 1 N–H and O–H groups in total. The molecular weight excluding hydrogens is 290 g/mol. The summed E-state index contributed by atoms with van der Waals surface area (Å²) in [6.45, 7) is 6.67. The number of hydrogen-bond acceptors (Lipinski definition) is 3. The first-order chi connectivity index (χ1) is 11.1. The van der Waals surface area contributed by atoms with E-state index < -0.39 is 6.10 Å². The minimum absolute atomic E-state index is 0.153. The van der Waals surface area contributed by atoms with Crippen LogP contribution in [0.3, 0.4) is 0 Å². The van der Waals surface area contributed by atoms with Gasteiger partial charge in [-0.3, -0.25) is 4.79 Å². The molecule has 0 heterocycles. The highest BCUT2D eigenvalue weighted by atomic mass is 16.5. The Balaban J connectivity index is 1.73. The summed E-state index contributed by atoms with van der Waals surface area (Å²) in [7, 11) is 0. The molecule has 4 heteroatoms. The Bertz CT molecular complexity index is 640. The highest BCUT2D eigenvalue weighted by molar-refractivity contribution is 5.80. The van der Waals surface area contributed by atoms with Crippen molar-refractivity contribution in [1.29, 1.82) is 0 Å². The largest absolute Gasteiger partial charge is 0.492 e. The summed E-state index contributed by atoms with van der Waals surface area (Å²) in [5.41, 5.74) is 2.35. The van der Waals surface area contributed by atoms with Crippen molar-refractivity contribution in [1.82, 2.24) is 5.32 Å². The van der Waals surface area contributed by atoms with Crippen LogP contribution in [0.5, 0.6) is 11.5 Å². The number of amides is 1. The SMILES string of the molecule is Cc1ccc(O[C@H](C)C(=O)NCCOc2ccccc2)cc1C. The number of rotatable bonds is 7. The summed E-state index contributed by atoms with van der Waals surface area (Å²) >= 11 is 0. The Morgan fingerprint density at radius 3 is 2.48 bits per heavy atom. The van der Waals surface area contributed by atoms with Gasteiger partial charge in [-0.1, -0.05) is 24.3 Å². The molecule has 0 aromatic heterocycles. The molecule has 23 heavy (non-hydrogen) atoms. The smallest absolute Gasteiger partial charge is 0.260 e. The van der Waals surface area contributed by atoms with Crippen LogP contribution in [0.25, 0.3) is 0 Å². The minimum Gasteiger partial charge on any atom is -0.492 e. The second kappa shape index (κ2) is 8.22. The van der Waals surface area contributed by atoms with E-state index in [9.17, 15) is 4.79 Å². The molecule has 0 spiro atoms. The molecule has 2 aromatic carbocycles. The maximum atomic E-state index is 12.0. The third kappa shape index (κ3) is 5.33. The monoisotopic (exact) mass is 313 g/mol. The number of nitrogens with one attached hydrogen (secondary N) is 1. The van der Waals surface area contributed by atoms with Gasteiger partial charge >= 0.3 is 0 Å². The van der Waals surface area contributed by atoms with Crippen LogP contribution in [0.2, 0.25) is 0 Å². The average Bonchev–Trinajstić information content (AvgIpc) is 2.55. The maximum absolute atomic E-state index is 12.0. The predicted molar refractivity (Wildman–Crippen MR) is 91.0 cm³/mol. The van der Waals surface area contributed by atoms with Gasteiger partial charge in [0.25, 0.3) is 5.91 Å². The molecule has 2 rings (SSSR count). The van der Waals surface area contributed by atoms with Gasteiger partial charge in [0.15, 0.2) is 6.10 Å². The number of carbonyl (C=O) groups excluding carboxylic acids is 1. The van der Waals surface area contributed by atoms with E-state index in [0.717, 1.165) is 11.3 Å². The Kier molecular flexibility index (Phi) is 6.03. The van der Waals surface area contributed by atoms with E-state index in [1.54, 1.807) is 6.92 Å². The van der Waals surface area contributed by atoms with Crippen LogP contribution in [-0.4, -0.2) is 25.2 Å². The topological polar surface area (TPSA) is 47.6 Å². The molecule has 0 saturated heterocycles. The second-order valence-electron chi connectivity index (χ2n) is 5.46. The molecule has 0 fully saturated rings. The van der Waals surface area contributed by atoms with Crippen molar-refractivity contribution >= 4 is 5.91 Å². The lowest BCUT2D eigenvalue weighted by Gasteiger charge is -2.15. The van der Waals surface area contributed by atoms with E-state index >= 15 is 0 Å². The summed E-state index contributed by atoms with van der Waals surface area (Å²) in [4.78, 5) is 12.0. The van der Waals surface area contributed by atoms with Crippen molar-refractivity contribution < 1.29 is 14.3 Å². The number of para-hydroxylation sites is 1. The lowest BCUT2D eigenvalue weighted by atomic mass is 10.1. The number of hydrogen-bond donors (Lipinski definition) is 1. The van der Waals surface area contributed by atoms with E-state index in [-0.39, 0.29) is 5.91 Å². The van der Waals surface area contributed by atoms with E-state index in [4.69, 9.17) is 9.47 Å². The van der Waals surface area contributed by atoms with Crippen molar-refractivity contribution in [2.45, 2.75) is 26.9 Å². The van der Waals surface area contributed by atoms with E-state index in [0.29, 0.717) is 18.9 Å². The summed E-state index contributed by atoms with van der Waals surface area (Å²) < 4.78 is 11.2. The van der Waals surface area contributed by atoms with E-state index in [2.05, 4.69) is 5.32 Å². The van der Waals surface area contributed by atoms with Crippen LogP contribution in [0.15, 0.2) is 48.5 Å². The van der Waals surface area contributed by atoms with Gasteiger partial charge in [-0.05, 0) is 56.2 Å². The van der Waals surface area contributed by atoms with Crippen LogP contribution < -0.4 is 14.8 Å². The Labute approximate surface area is 137 Å². The summed E-state index contributed by atoms with van der Waals surface area (Å²) in [6, 6.07) is 15.3. The number of benzene rings is 2. The maximum Gasteiger partial charge on any atom is 0.260 e. The molecule has 2 aromatic rings. The first-order valence-electron chi connectivity index (χ1n) is 7.76. The molecule has 0 aliphatic heterocycles. The van der Waals surface area contributed by atoms with Gasteiger partial charge in [0, 0.05) is 0 Å². The van der Waals surface area contributed by atoms with E-state index in [1.165, 1.54) is 5.56 Å². The average molecular weight is 313 g/mol. The number of carbonyl (C=O) groups is 1. The highest BCUT2D eigenvalue weighted by Crippen LogP contribution is 2.17. The molecule has 122 valence electrons. The molecule has 0 aliphatic rings. The predicted octanol–water partition coefficient (Wildman–Crippen LogP) is 3.27. The summed E-state index contributed by atoms with van der Waals surface area (Å²) in [5, 5.41) is 2.81. The lowest BCUT2D eigenvalue weighted by Crippen LogP contribution is -2.38. The molecule has 0 unspecified atom stereocenters. The quantitative estimate of drug-likeness (QED) is 0.798. The Morgan fingerprint density at radius 2 is 1.78 bits per heavy atom. The van der Waals surface area contributed by atoms with Crippen LogP contribution in [0.4, 0.5) is 0 Å². The van der Waals surface area contributed by atoms with Crippen molar-refractivity contribution in [3.63, 3.8) is 0 Å². The zero-order valence-corrected chi connectivity index (χ0v) is 13.8. The van der Waals surface area contributed by atoms with Crippen LogP contribution >= 0.6 is 0 Å². The number of aryl methyl sites for hydroxylation is 2. The molecule has 0 aliphatic carbocycles. The van der Waals surface area contributed by atoms with Crippen molar-refractivity contribution in [2.24, 2.45) is 0 Å². The molecule has 0 radical (unpaired) electrons. The van der Waals surface area contributed by atoms with Gasteiger partial charge in [0.2, 0.25) is 0 Å². The minimum atomic E-state index is -0.547. The zero-order chi connectivity index (χ0) is 16.7. The Hall–Kier alpha value is -2.49. The van der Waals surface area contributed by atoms with Crippen molar-refractivity contribution in [2.75, 3.05) is 13.2 Å². The van der Waals surface area contributed by atoms with Crippen molar-refractivity contribution in [3.8, 4) is 11.5 Å². The third-order valence-electron chi connectivity index (χ3n) is 3.57. The van der Waals surface area contributed by atoms with Gasteiger partial charge in [0.05, 0.1) is 6.54 Å². The molecule has 1 atom stereocenters. The highest BCUT2D eigenvalue weighted by Gasteiger charge is 2.14. The molecular formula is C19H23NO3. The fourth-order valence-corrected chi connectivity index (χ4v) is 2.05. The second-order valence-corrected chi connectivity index (χ2v) is 5.46. The zero-order valence-electron chi connectivity index (χ0n) is 13.8. The fourth-order valence-electron chi connectivity index (χ4n) is 2.05. The van der Waals surface area contributed by atoms with Crippen molar-refractivity contribution in [3.05, 3.63) is 59.7 Å². The molecule has 1 amide bonds. The molecule has 0 bridgehead atoms. The van der Waals surface area contributed by atoms with Gasteiger partial charge < -0.3 is 14.8 Å². The first kappa shape index (κ1) is 16.9. The summed E-state index contributed by atoms with van der Waals surface area (Å²) in [6.07, 6.45) is -0.547. The van der Waals surface area contributed by atoms with Gasteiger partial charge in [-0.25, -0.2) is 0 Å². The molecule has 0 saturated carbocycles. The standard InChI is InChI=1S/C19H23NO3/c1-14-9-10-18(13-15(14)2)23-16(3)19(21)20-11-12-22-17-7-5-4-6-8-17/h4-10,13,16H,11-12H2,1-3H3,(H,20,21)/t16-/m1/s1. The van der Waals surface area contributed by atoms with Gasteiger partial charge in [-0.15, -0.1) is 0 Å². The number of ether oxygens (including phenoxy) is 2. The molecule has 4 nitrogen and oxygen atoms in total. The first-order valence-corrected chi connectivity index (χ1v) is 7.76.